The van der Waals surface area contributed by atoms with E-state index in [1.807, 2.05) is 18.2 Å². The van der Waals surface area contributed by atoms with Crippen molar-refractivity contribution in [2.45, 2.75) is 18.3 Å². The van der Waals surface area contributed by atoms with Crippen LogP contribution in [0, 0.1) is 0 Å². The van der Waals surface area contributed by atoms with Gasteiger partial charge in [-0.25, -0.2) is 0 Å². The first-order valence-corrected chi connectivity index (χ1v) is 8.14. The summed E-state index contributed by atoms with van der Waals surface area (Å²) in [5.41, 5.74) is 4.91. The molecule has 0 unspecified atom stereocenters. The second kappa shape index (κ2) is 5.85. The highest BCUT2D eigenvalue weighted by Crippen LogP contribution is 2.47. The molecule has 0 atom stereocenters. The summed E-state index contributed by atoms with van der Waals surface area (Å²) >= 11 is 0. The zero-order valence-corrected chi connectivity index (χ0v) is 13.0. The van der Waals surface area contributed by atoms with E-state index in [0.29, 0.717) is 0 Å². The fourth-order valence-electron chi connectivity index (χ4n) is 3.53. The summed E-state index contributed by atoms with van der Waals surface area (Å²) < 4.78 is 0. The standard InChI is InChI=1S/C22H19N/c1-4-10-18(11-5-1)22(19-12-6-2-7-13-19)17-16-21(22)23-20-14-8-3-9-15-20/h1-15H,16-17H2. The van der Waals surface area contributed by atoms with Gasteiger partial charge in [-0.05, 0) is 36.1 Å². The van der Waals surface area contributed by atoms with Crippen LogP contribution in [0.25, 0.3) is 0 Å². The number of hydrogen-bond acceptors (Lipinski definition) is 1. The molecule has 0 saturated heterocycles. The largest absolute Gasteiger partial charge is 0.257 e. The number of aliphatic imine (C=N–C) groups is 1. The van der Waals surface area contributed by atoms with Gasteiger partial charge in [-0.2, -0.15) is 0 Å². The minimum atomic E-state index is -0.0711. The predicted molar refractivity (Wildman–Crippen MR) is 96.4 cm³/mol. The Bertz CT molecular complexity index is 765. The molecule has 0 bridgehead atoms. The van der Waals surface area contributed by atoms with Gasteiger partial charge in [0.1, 0.15) is 0 Å². The Kier molecular flexibility index (Phi) is 3.55. The van der Waals surface area contributed by atoms with E-state index in [2.05, 4.69) is 72.8 Å². The van der Waals surface area contributed by atoms with Gasteiger partial charge in [-0.15, -0.1) is 0 Å². The van der Waals surface area contributed by atoms with Gasteiger partial charge >= 0.3 is 0 Å². The molecule has 3 aromatic rings. The molecular formula is C22H19N. The average Bonchev–Trinajstić information content (AvgIpc) is 2.62. The maximum Gasteiger partial charge on any atom is 0.0629 e. The molecule has 0 aromatic heterocycles. The van der Waals surface area contributed by atoms with Crippen molar-refractivity contribution in [1.29, 1.82) is 0 Å². The summed E-state index contributed by atoms with van der Waals surface area (Å²) in [7, 11) is 0. The second-order valence-corrected chi connectivity index (χ2v) is 6.03. The first-order chi connectivity index (χ1) is 11.4. The molecule has 0 N–H and O–H groups in total. The number of rotatable bonds is 3. The lowest BCUT2D eigenvalue weighted by Crippen LogP contribution is -2.46. The highest BCUT2D eigenvalue weighted by atomic mass is 14.8. The third-order valence-corrected chi connectivity index (χ3v) is 4.78. The van der Waals surface area contributed by atoms with Crippen molar-refractivity contribution >= 4 is 11.4 Å². The number of hydrogen-bond donors (Lipinski definition) is 0. The van der Waals surface area contributed by atoms with Crippen LogP contribution in [0.4, 0.5) is 5.69 Å². The third-order valence-electron chi connectivity index (χ3n) is 4.78. The smallest absolute Gasteiger partial charge is 0.0629 e. The van der Waals surface area contributed by atoms with E-state index < -0.39 is 0 Å². The van der Waals surface area contributed by atoms with E-state index in [1.165, 1.54) is 16.8 Å². The topological polar surface area (TPSA) is 12.4 Å². The van der Waals surface area contributed by atoms with Gasteiger partial charge < -0.3 is 0 Å². The molecule has 4 rings (SSSR count). The van der Waals surface area contributed by atoms with E-state index in [4.69, 9.17) is 4.99 Å². The van der Waals surface area contributed by atoms with Gasteiger partial charge in [0.15, 0.2) is 0 Å². The fourth-order valence-corrected chi connectivity index (χ4v) is 3.53. The van der Waals surface area contributed by atoms with Crippen molar-refractivity contribution in [3.63, 3.8) is 0 Å². The van der Waals surface area contributed by atoms with E-state index in [1.54, 1.807) is 0 Å². The van der Waals surface area contributed by atoms with E-state index >= 15 is 0 Å². The Hall–Kier alpha value is -2.67. The summed E-state index contributed by atoms with van der Waals surface area (Å²) in [6, 6.07) is 31.8. The van der Waals surface area contributed by atoms with E-state index in [0.717, 1.165) is 18.5 Å². The molecule has 1 fully saturated rings. The van der Waals surface area contributed by atoms with Crippen LogP contribution in [-0.2, 0) is 5.41 Å². The quantitative estimate of drug-likeness (QED) is 0.602. The summed E-state index contributed by atoms with van der Waals surface area (Å²) in [4.78, 5) is 4.99. The van der Waals surface area contributed by atoms with Crippen molar-refractivity contribution in [3.8, 4) is 0 Å². The van der Waals surface area contributed by atoms with E-state index in [-0.39, 0.29) is 5.41 Å². The average molecular weight is 297 g/mol. The number of benzene rings is 3. The lowest BCUT2D eigenvalue weighted by atomic mass is 9.59. The van der Waals surface area contributed by atoms with Crippen molar-refractivity contribution < 1.29 is 0 Å². The lowest BCUT2D eigenvalue weighted by Gasteiger charge is -2.44. The molecule has 1 nitrogen and oxygen atoms in total. The zero-order chi connectivity index (χ0) is 15.5. The molecule has 0 spiro atoms. The molecule has 1 aliphatic rings. The third kappa shape index (κ3) is 2.39. The van der Waals surface area contributed by atoms with Crippen LogP contribution in [0.3, 0.4) is 0 Å². The SMILES string of the molecule is c1ccc(N=C2CCC2(c2ccccc2)c2ccccc2)cc1. The summed E-state index contributed by atoms with van der Waals surface area (Å²) in [5.74, 6) is 0. The molecule has 1 aliphatic carbocycles. The van der Waals surface area contributed by atoms with Crippen LogP contribution in [-0.4, -0.2) is 5.71 Å². The molecule has 3 aromatic carbocycles. The van der Waals surface area contributed by atoms with Gasteiger partial charge in [-0.3, -0.25) is 4.99 Å². The van der Waals surface area contributed by atoms with Gasteiger partial charge in [0.2, 0.25) is 0 Å². The molecule has 0 amide bonds. The van der Waals surface area contributed by atoms with Gasteiger partial charge in [0.05, 0.1) is 11.1 Å². The van der Waals surface area contributed by atoms with Crippen LogP contribution in [0.1, 0.15) is 24.0 Å². The van der Waals surface area contributed by atoms with Crippen LogP contribution >= 0.6 is 0 Å². The molecule has 112 valence electrons. The van der Waals surface area contributed by atoms with Crippen LogP contribution in [0.5, 0.6) is 0 Å². The van der Waals surface area contributed by atoms with E-state index in [9.17, 15) is 0 Å². The minimum absolute atomic E-state index is 0.0711. The summed E-state index contributed by atoms with van der Waals surface area (Å²) in [5, 5.41) is 0. The highest BCUT2D eigenvalue weighted by Gasteiger charge is 2.46. The predicted octanol–water partition coefficient (Wildman–Crippen LogP) is 5.54. The van der Waals surface area contributed by atoms with Crippen molar-refractivity contribution in [3.05, 3.63) is 102 Å². The van der Waals surface area contributed by atoms with Crippen molar-refractivity contribution in [1.82, 2.24) is 0 Å². The highest BCUT2D eigenvalue weighted by molar-refractivity contribution is 6.04. The molecule has 23 heavy (non-hydrogen) atoms. The van der Waals surface area contributed by atoms with Crippen molar-refractivity contribution in [2.24, 2.45) is 4.99 Å². The molecule has 1 heteroatoms. The molecular weight excluding hydrogens is 278 g/mol. The van der Waals surface area contributed by atoms with Crippen LogP contribution in [0.2, 0.25) is 0 Å². The maximum atomic E-state index is 4.99. The van der Waals surface area contributed by atoms with Crippen molar-refractivity contribution in [2.75, 3.05) is 0 Å². The monoisotopic (exact) mass is 297 g/mol. The summed E-state index contributed by atoms with van der Waals surface area (Å²) in [6.45, 7) is 0. The molecule has 0 radical (unpaired) electrons. The Morgan fingerprint density at radius 2 is 1.09 bits per heavy atom. The molecule has 0 aliphatic heterocycles. The van der Waals surface area contributed by atoms with Gasteiger partial charge in [0, 0.05) is 5.71 Å². The van der Waals surface area contributed by atoms with Crippen LogP contribution < -0.4 is 0 Å². The Labute approximate surface area is 137 Å². The number of nitrogens with zero attached hydrogens (tertiary/aromatic N) is 1. The van der Waals surface area contributed by atoms with Crippen LogP contribution in [0.15, 0.2) is 96.0 Å². The Morgan fingerprint density at radius 3 is 1.52 bits per heavy atom. The maximum absolute atomic E-state index is 4.99. The first-order valence-electron chi connectivity index (χ1n) is 8.14. The zero-order valence-electron chi connectivity index (χ0n) is 13.0. The lowest BCUT2D eigenvalue weighted by molar-refractivity contribution is 0.542. The molecule has 0 heterocycles. The normalized spacial score (nSPS) is 17.7. The minimum Gasteiger partial charge on any atom is -0.257 e. The second-order valence-electron chi connectivity index (χ2n) is 6.03. The number of para-hydroxylation sites is 1. The Morgan fingerprint density at radius 1 is 0.609 bits per heavy atom. The Balaban J connectivity index is 1.86. The van der Waals surface area contributed by atoms with Gasteiger partial charge in [-0.1, -0.05) is 78.9 Å². The fraction of sp³-hybridized carbons (Fsp3) is 0.136. The first kappa shape index (κ1) is 14.0. The summed E-state index contributed by atoms with van der Waals surface area (Å²) in [6.07, 6.45) is 2.17. The molecule has 1 saturated carbocycles. The van der Waals surface area contributed by atoms with Gasteiger partial charge in [0.25, 0.3) is 0 Å².